The van der Waals surface area contributed by atoms with Gasteiger partial charge in [-0.15, -0.1) is 0 Å². The van der Waals surface area contributed by atoms with Crippen molar-refractivity contribution in [2.45, 2.75) is 40.2 Å². The molecule has 27 heavy (non-hydrogen) atoms. The Morgan fingerprint density at radius 2 is 1.78 bits per heavy atom. The van der Waals surface area contributed by atoms with E-state index in [2.05, 4.69) is 25.3 Å². The van der Waals surface area contributed by atoms with Crippen LogP contribution < -0.4 is 10.1 Å². The van der Waals surface area contributed by atoms with Gasteiger partial charge in [-0.25, -0.2) is 15.0 Å². The molecule has 0 atom stereocenters. The van der Waals surface area contributed by atoms with Gasteiger partial charge in [-0.3, -0.25) is 0 Å². The minimum Gasteiger partial charge on any atom is -0.472 e. The lowest BCUT2D eigenvalue weighted by atomic mass is 10.0. The maximum atomic E-state index is 14.1. The second kappa shape index (κ2) is 7.26. The van der Waals surface area contributed by atoms with Gasteiger partial charge in [0.2, 0.25) is 11.8 Å². The molecule has 1 N–H and O–H groups in total. The summed E-state index contributed by atoms with van der Waals surface area (Å²) < 4.78 is 19.8. The lowest BCUT2D eigenvalue weighted by Gasteiger charge is -2.21. The van der Waals surface area contributed by atoms with Crippen LogP contribution in [-0.4, -0.2) is 25.5 Å². The maximum Gasteiger partial charge on any atom is 0.217 e. The summed E-state index contributed by atoms with van der Waals surface area (Å²) in [6.07, 6.45) is 3.41. The first-order valence-electron chi connectivity index (χ1n) is 8.60. The zero-order valence-electron chi connectivity index (χ0n) is 16.0. The molecule has 0 saturated carbocycles. The number of halogens is 1. The second-order valence-corrected chi connectivity index (χ2v) is 7.23. The van der Waals surface area contributed by atoms with E-state index in [-0.39, 0.29) is 5.88 Å². The van der Waals surface area contributed by atoms with Crippen molar-refractivity contribution in [2.75, 3.05) is 5.32 Å². The predicted molar refractivity (Wildman–Crippen MR) is 103 cm³/mol. The molecule has 0 amide bonds. The van der Waals surface area contributed by atoms with E-state index in [1.54, 1.807) is 24.5 Å². The van der Waals surface area contributed by atoms with Crippen molar-refractivity contribution in [3.63, 3.8) is 0 Å². The molecule has 7 heteroatoms. The average molecular weight is 367 g/mol. The summed E-state index contributed by atoms with van der Waals surface area (Å²) in [6.45, 7) is 9.41. The first-order chi connectivity index (χ1) is 12.7. The second-order valence-electron chi connectivity index (χ2n) is 7.23. The van der Waals surface area contributed by atoms with Crippen LogP contribution in [0.1, 0.15) is 32.2 Å². The van der Waals surface area contributed by atoms with Crippen LogP contribution in [0.3, 0.4) is 0 Å². The fraction of sp³-hybridized carbons (Fsp3) is 0.300. The number of rotatable bonds is 4. The number of nitrogens with zero attached hydrogens (tertiary/aromatic N) is 4. The number of aryl methyl sites for hydroxylation is 2. The normalized spacial score (nSPS) is 11.3. The lowest BCUT2D eigenvalue weighted by molar-refractivity contribution is 0.123. The van der Waals surface area contributed by atoms with E-state index in [0.29, 0.717) is 23.0 Å². The molecule has 3 aromatic heterocycles. The smallest absolute Gasteiger partial charge is 0.217 e. The topological polar surface area (TPSA) is 72.8 Å². The van der Waals surface area contributed by atoms with Gasteiger partial charge >= 0.3 is 0 Å². The number of hydrogen-bond donors (Lipinski definition) is 1. The maximum absolute atomic E-state index is 14.1. The Labute approximate surface area is 157 Å². The summed E-state index contributed by atoms with van der Waals surface area (Å²) in [5.74, 6) is 1.55. The van der Waals surface area contributed by atoms with E-state index in [0.717, 1.165) is 11.1 Å². The van der Waals surface area contributed by atoms with Crippen LogP contribution in [0.25, 0.3) is 11.1 Å². The number of anilines is 2. The van der Waals surface area contributed by atoms with Gasteiger partial charge in [-0.1, -0.05) is 0 Å². The van der Waals surface area contributed by atoms with Gasteiger partial charge < -0.3 is 10.1 Å². The Hall–Kier alpha value is -3.09. The van der Waals surface area contributed by atoms with E-state index in [4.69, 9.17) is 4.74 Å². The van der Waals surface area contributed by atoms with Crippen molar-refractivity contribution in [3.05, 3.63) is 54.0 Å². The molecule has 0 aliphatic carbocycles. The SMILES string of the molecule is Cc1nccc(Nc2cc(-c3cc(F)nc(OC(C)(C)C)c3)c(C)cn2)n1. The van der Waals surface area contributed by atoms with Gasteiger partial charge in [0, 0.05) is 24.5 Å². The van der Waals surface area contributed by atoms with E-state index < -0.39 is 11.5 Å². The van der Waals surface area contributed by atoms with Gasteiger partial charge in [0.15, 0.2) is 0 Å². The third-order valence-electron chi connectivity index (χ3n) is 3.63. The minimum atomic E-state index is -0.594. The molecule has 0 fully saturated rings. The molecule has 0 aromatic carbocycles. The van der Waals surface area contributed by atoms with Crippen molar-refractivity contribution in [1.82, 2.24) is 19.9 Å². The summed E-state index contributed by atoms with van der Waals surface area (Å²) in [5, 5.41) is 3.15. The standard InChI is InChI=1S/C20H22FN5O/c1-12-11-23-18(26-17-6-7-22-13(2)24-17)10-15(12)14-8-16(21)25-19(9-14)27-20(3,4)5/h6-11H,1-5H3,(H,22,23,24,26). The van der Waals surface area contributed by atoms with Crippen molar-refractivity contribution in [1.29, 1.82) is 0 Å². The molecule has 0 aliphatic rings. The molecule has 3 aromatic rings. The molecule has 0 unspecified atom stereocenters. The molecule has 0 radical (unpaired) electrons. The molecular formula is C20H22FN5O. The van der Waals surface area contributed by atoms with E-state index >= 15 is 0 Å². The van der Waals surface area contributed by atoms with Crippen molar-refractivity contribution < 1.29 is 9.13 Å². The van der Waals surface area contributed by atoms with Gasteiger partial charge in [0.05, 0.1) is 0 Å². The number of aromatic nitrogens is 4. The van der Waals surface area contributed by atoms with Crippen LogP contribution in [0, 0.1) is 19.8 Å². The molecule has 0 spiro atoms. The highest BCUT2D eigenvalue weighted by molar-refractivity contribution is 5.71. The number of nitrogens with one attached hydrogen (secondary N) is 1. The third kappa shape index (κ3) is 4.97. The average Bonchev–Trinajstić information content (AvgIpc) is 2.54. The fourth-order valence-corrected chi connectivity index (χ4v) is 2.55. The number of pyridine rings is 2. The Morgan fingerprint density at radius 1 is 1.00 bits per heavy atom. The van der Waals surface area contributed by atoms with Gasteiger partial charge in [0.1, 0.15) is 23.1 Å². The van der Waals surface area contributed by atoms with Crippen LogP contribution in [0.4, 0.5) is 16.0 Å². The highest BCUT2D eigenvalue weighted by Gasteiger charge is 2.16. The first-order valence-corrected chi connectivity index (χ1v) is 8.60. The van der Waals surface area contributed by atoms with Crippen LogP contribution >= 0.6 is 0 Å². The Morgan fingerprint density at radius 3 is 2.48 bits per heavy atom. The monoisotopic (exact) mass is 367 g/mol. The van der Waals surface area contributed by atoms with Crippen molar-refractivity contribution >= 4 is 11.6 Å². The Kier molecular flexibility index (Phi) is 5.03. The highest BCUT2D eigenvalue weighted by atomic mass is 19.1. The molecule has 6 nitrogen and oxygen atoms in total. The van der Waals surface area contributed by atoms with Crippen LogP contribution in [0.5, 0.6) is 5.88 Å². The third-order valence-corrected chi connectivity index (χ3v) is 3.63. The first kappa shape index (κ1) is 18.7. The summed E-state index contributed by atoms with van der Waals surface area (Å²) in [7, 11) is 0. The Bertz CT molecular complexity index is 969. The summed E-state index contributed by atoms with van der Waals surface area (Å²) in [4.78, 5) is 16.6. The fourth-order valence-electron chi connectivity index (χ4n) is 2.55. The quantitative estimate of drug-likeness (QED) is 0.679. The summed E-state index contributed by atoms with van der Waals surface area (Å²) >= 11 is 0. The molecule has 140 valence electrons. The predicted octanol–water partition coefficient (Wildman–Crippen LogP) is 4.61. The van der Waals surface area contributed by atoms with Crippen LogP contribution in [-0.2, 0) is 0 Å². The highest BCUT2D eigenvalue weighted by Crippen LogP contribution is 2.29. The van der Waals surface area contributed by atoms with Crippen LogP contribution in [0.15, 0.2) is 36.7 Å². The lowest BCUT2D eigenvalue weighted by Crippen LogP contribution is -2.23. The molecule has 0 saturated heterocycles. The molecular weight excluding hydrogens is 345 g/mol. The summed E-state index contributed by atoms with van der Waals surface area (Å²) in [5.41, 5.74) is 1.94. The van der Waals surface area contributed by atoms with Gasteiger partial charge in [-0.05, 0) is 63.4 Å². The molecule has 3 heterocycles. The molecule has 0 aliphatic heterocycles. The van der Waals surface area contributed by atoms with Crippen molar-refractivity contribution in [3.8, 4) is 17.0 Å². The molecule has 3 rings (SSSR count). The summed E-state index contributed by atoms with van der Waals surface area (Å²) in [6, 6.07) is 6.73. The van der Waals surface area contributed by atoms with E-state index in [1.807, 2.05) is 40.7 Å². The molecule has 0 bridgehead atoms. The Balaban J connectivity index is 1.97. The number of ether oxygens (including phenoxy) is 1. The van der Waals surface area contributed by atoms with E-state index in [9.17, 15) is 4.39 Å². The largest absolute Gasteiger partial charge is 0.472 e. The minimum absolute atomic E-state index is 0.245. The van der Waals surface area contributed by atoms with Gasteiger partial charge in [-0.2, -0.15) is 9.37 Å². The zero-order chi connectivity index (χ0) is 19.6. The number of hydrogen-bond acceptors (Lipinski definition) is 6. The van der Waals surface area contributed by atoms with Crippen LogP contribution in [0.2, 0.25) is 0 Å². The van der Waals surface area contributed by atoms with E-state index in [1.165, 1.54) is 6.07 Å². The van der Waals surface area contributed by atoms with Gasteiger partial charge in [0.25, 0.3) is 0 Å². The van der Waals surface area contributed by atoms with Crippen molar-refractivity contribution in [2.24, 2.45) is 0 Å². The zero-order valence-corrected chi connectivity index (χ0v) is 16.0.